The van der Waals surface area contributed by atoms with Crippen LogP contribution in [-0.2, 0) is 6.54 Å². The predicted molar refractivity (Wildman–Crippen MR) is 69.7 cm³/mol. The Morgan fingerprint density at radius 2 is 2.41 bits per heavy atom. The van der Waals surface area contributed by atoms with Crippen LogP contribution in [0, 0.1) is 5.92 Å². The highest BCUT2D eigenvalue weighted by molar-refractivity contribution is 5.79. The topological polar surface area (TPSA) is 40.7 Å². The van der Waals surface area contributed by atoms with Crippen LogP contribution in [0.25, 0.3) is 11.0 Å². The molecular weight excluding hydrogens is 210 g/mol. The van der Waals surface area contributed by atoms with Crippen LogP contribution in [0.1, 0.15) is 31.7 Å². The number of fused-ring (bicyclic) bond motifs is 1. The minimum absolute atomic E-state index is 0.630. The molecular formula is C14H19N3. The molecule has 0 radical (unpaired) electrons. The molecule has 3 rings (SSSR count). The lowest BCUT2D eigenvalue weighted by molar-refractivity contribution is 0.240. The molecule has 17 heavy (non-hydrogen) atoms. The third-order valence-corrected chi connectivity index (χ3v) is 4.01. The van der Waals surface area contributed by atoms with Gasteiger partial charge in [0.1, 0.15) is 5.65 Å². The van der Waals surface area contributed by atoms with Crippen molar-refractivity contribution < 1.29 is 0 Å². The van der Waals surface area contributed by atoms with E-state index < -0.39 is 0 Å². The fourth-order valence-corrected chi connectivity index (χ4v) is 2.54. The monoisotopic (exact) mass is 229 g/mol. The molecule has 0 spiro atoms. The number of hydrogen-bond donors (Lipinski definition) is 2. The van der Waals surface area contributed by atoms with Gasteiger partial charge in [0.05, 0.1) is 0 Å². The van der Waals surface area contributed by atoms with Crippen molar-refractivity contribution in [1.82, 2.24) is 15.3 Å². The van der Waals surface area contributed by atoms with Crippen LogP contribution in [0.3, 0.4) is 0 Å². The van der Waals surface area contributed by atoms with Gasteiger partial charge in [-0.1, -0.05) is 6.42 Å². The molecule has 0 bridgehead atoms. The highest BCUT2D eigenvalue weighted by Gasteiger charge is 2.23. The van der Waals surface area contributed by atoms with Crippen molar-refractivity contribution >= 4 is 11.0 Å². The van der Waals surface area contributed by atoms with E-state index in [1.54, 1.807) is 0 Å². The Bertz CT molecular complexity index is 499. The summed E-state index contributed by atoms with van der Waals surface area (Å²) < 4.78 is 0. The molecule has 1 aliphatic carbocycles. The Kier molecular flexibility index (Phi) is 2.85. The van der Waals surface area contributed by atoms with E-state index >= 15 is 0 Å². The second-order valence-corrected chi connectivity index (χ2v) is 5.07. The number of aromatic amines is 1. The van der Waals surface area contributed by atoms with Gasteiger partial charge in [0.25, 0.3) is 0 Å². The number of nitrogens with zero attached hydrogens (tertiary/aromatic N) is 1. The molecule has 1 fully saturated rings. The van der Waals surface area contributed by atoms with E-state index in [1.807, 2.05) is 12.3 Å². The van der Waals surface area contributed by atoms with Gasteiger partial charge in [-0.2, -0.15) is 0 Å². The van der Waals surface area contributed by atoms with E-state index in [0.29, 0.717) is 6.04 Å². The summed E-state index contributed by atoms with van der Waals surface area (Å²) in [5, 5.41) is 4.87. The standard InChI is InChI=1S/C14H19N3/c1-10(11-4-2-5-11)16-8-12-9-17-14-13(12)6-3-7-15-14/h3,6-7,9-11,16H,2,4-5,8H2,1H3,(H,15,17). The van der Waals surface area contributed by atoms with Gasteiger partial charge in [0, 0.05) is 30.4 Å². The summed E-state index contributed by atoms with van der Waals surface area (Å²) in [4.78, 5) is 7.53. The van der Waals surface area contributed by atoms with Crippen LogP contribution in [0.2, 0.25) is 0 Å². The zero-order chi connectivity index (χ0) is 11.7. The van der Waals surface area contributed by atoms with E-state index in [9.17, 15) is 0 Å². The molecule has 2 N–H and O–H groups in total. The van der Waals surface area contributed by atoms with Gasteiger partial charge in [-0.05, 0) is 43.4 Å². The van der Waals surface area contributed by atoms with E-state index in [-0.39, 0.29) is 0 Å². The summed E-state index contributed by atoms with van der Waals surface area (Å²) in [6, 6.07) is 4.75. The summed E-state index contributed by atoms with van der Waals surface area (Å²) in [5.41, 5.74) is 2.31. The molecule has 3 heteroatoms. The largest absolute Gasteiger partial charge is 0.346 e. The normalized spacial score (nSPS) is 18.2. The van der Waals surface area contributed by atoms with E-state index in [4.69, 9.17) is 0 Å². The minimum atomic E-state index is 0.630. The number of pyridine rings is 1. The molecule has 0 aromatic carbocycles. The van der Waals surface area contributed by atoms with Gasteiger partial charge >= 0.3 is 0 Å². The van der Waals surface area contributed by atoms with Gasteiger partial charge < -0.3 is 10.3 Å². The number of aromatic nitrogens is 2. The smallest absolute Gasteiger partial charge is 0.137 e. The molecule has 1 saturated carbocycles. The molecule has 90 valence electrons. The molecule has 2 heterocycles. The van der Waals surface area contributed by atoms with E-state index in [2.05, 4.69) is 34.5 Å². The Labute approximate surface area is 102 Å². The summed E-state index contributed by atoms with van der Waals surface area (Å²) in [6.07, 6.45) is 8.09. The van der Waals surface area contributed by atoms with Crippen molar-refractivity contribution in [2.75, 3.05) is 0 Å². The van der Waals surface area contributed by atoms with E-state index in [0.717, 1.165) is 18.1 Å². The lowest BCUT2D eigenvalue weighted by Crippen LogP contribution is -2.36. The molecule has 0 saturated heterocycles. The zero-order valence-electron chi connectivity index (χ0n) is 10.2. The highest BCUT2D eigenvalue weighted by Crippen LogP contribution is 2.29. The molecule has 2 aromatic heterocycles. The summed E-state index contributed by atoms with van der Waals surface area (Å²) in [6.45, 7) is 3.24. The summed E-state index contributed by atoms with van der Waals surface area (Å²) in [5.74, 6) is 0.887. The molecule has 3 nitrogen and oxygen atoms in total. The van der Waals surface area contributed by atoms with Crippen LogP contribution in [0.15, 0.2) is 24.5 Å². The maximum atomic E-state index is 4.31. The van der Waals surface area contributed by atoms with Crippen LogP contribution in [-0.4, -0.2) is 16.0 Å². The Hall–Kier alpha value is -1.35. The maximum absolute atomic E-state index is 4.31. The lowest BCUT2D eigenvalue weighted by atomic mass is 9.80. The van der Waals surface area contributed by atoms with Crippen LogP contribution >= 0.6 is 0 Å². The van der Waals surface area contributed by atoms with E-state index in [1.165, 1.54) is 30.2 Å². The fraction of sp³-hybridized carbons (Fsp3) is 0.500. The summed E-state index contributed by atoms with van der Waals surface area (Å²) >= 11 is 0. The third kappa shape index (κ3) is 2.07. The molecule has 0 aliphatic heterocycles. The van der Waals surface area contributed by atoms with Gasteiger partial charge in [-0.15, -0.1) is 0 Å². The fourth-order valence-electron chi connectivity index (χ4n) is 2.54. The first-order valence-corrected chi connectivity index (χ1v) is 6.49. The first kappa shape index (κ1) is 10.8. The molecule has 2 aromatic rings. The number of hydrogen-bond acceptors (Lipinski definition) is 2. The number of H-pyrrole nitrogens is 1. The van der Waals surface area contributed by atoms with Crippen LogP contribution in [0.4, 0.5) is 0 Å². The van der Waals surface area contributed by atoms with Crippen LogP contribution in [0.5, 0.6) is 0 Å². The molecule has 0 amide bonds. The van der Waals surface area contributed by atoms with Crippen molar-refractivity contribution in [2.45, 2.75) is 38.8 Å². The molecule has 1 atom stereocenters. The number of nitrogens with one attached hydrogen (secondary N) is 2. The van der Waals surface area contributed by atoms with Crippen molar-refractivity contribution in [2.24, 2.45) is 5.92 Å². The first-order valence-electron chi connectivity index (χ1n) is 6.49. The van der Waals surface area contributed by atoms with Crippen molar-refractivity contribution in [3.63, 3.8) is 0 Å². The highest BCUT2D eigenvalue weighted by atomic mass is 14.9. The average molecular weight is 229 g/mol. The van der Waals surface area contributed by atoms with Crippen molar-refractivity contribution in [3.05, 3.63) is 30.1 Å². The van der Waals surface area contributed by atoms with Gasteiger partial charge in [-0.3, -0.25) is 0 Å². The Morgan fingerprint density at radius 3 is 3.18 bits per heavy atom. The quantitative estimate of drug-likeness (QED) is 0.846. The molecule has 1 aliphatic rings. The Balaban J connectivity index is 1.68. The van der Waals surface area contributed by atoms with Gasteiger partial charge in [0.2, 0.25) is 0 Å². The zero-order valence-corrected chi connectivity index (χ0v) is 10.2. The van der Waals surface area contributed by atoms with Crippen molar-refractivity contribution in [3.8, 4) is 0 Å². The second-order valence-electron chi connectivity index (χ2n) is 5.07. The summed E-state index contributed by atoms with van der Waals surface area (Å²) in [7, 11) is 0. The first-order chi connectivity index (χ1) is 8.34. The maximum Gasteiger partial charge on any atom is 0.137 e. The predicted octanol–water partition coefficient (Wildman–Crippen LogP) is 2.84. The second kappa shape index (κ2) is 4.49. The van der Waals surface area contributed by atoms with Gasteiger partial charge in [0.15, 0.2) is 0 Å². The van der Waals surface area contributed by atoms with Crippen molar-refractivity contribution in [1.29, 1.82) is 0 Å². The van der Waals surface area contributed by atoms with Crippen LogP contribution < -0.4 is 5.32 Å². The minimum Gasteiger partial charge on any atom is -0.346 e. The average Bonchev–Trinajstić information content (AvgIpc) is 2.67. The SMILES string of the molecule is CC(NCc1c[nH]c2ncccc12)C1CCC1. The number of rotatable bonds is 4. The lowest BCUT2D eigenvalue weighted by Gasteiger charge is -2.32. The third-order valence-electron chi connectivity index (χ3n) is 4.01. The Morgan fingerprint density at radius 1 is 1.53 bits per heavy atom. The molecule has 1 unspecified atom stereocenters. The van der Waals surface area contributed by atoms with Gasteiger partial charge in [-0.25, -0.2) is 4.98 Å².